The van der Waals surface area contributed by atoms with Gasteiger partial charge in [0.25, 0.3) is 5.89 Å². The van der Waals surface area contributed by atoms with Crippen molar-refractivity contribution >= 4 is 5.82 Å². The predicted octanol–water partition coefficient (Wildman–Crippen LogP) is 2.51. The van der Waals surface area contributed by atoms with Crippen LogP contribution in [0, 0.1) is 5.92 Å². The highest BCUT2D eigenvalue weighted by atomic mass is 16.5. The van der Waals surface area contributed by atoms with Crippen LogP contribution in [0.1, 0.15) is 17.8 Å². The fourth-order valence-corrected chi connectivity index (χ4v) is 3.15. The molecular weight excluding hydrogens is 314 g/mol. The molecule has 25 heavy (non-hydrogen) atoms. The zero-order valence-corrected chi connectivity index (χ0v) is 14.0. The third kappa shape index (κ3) is 3.53. The molecule has 1 saturated heterocycles. The van der Waals surface area contributed by atoms with E-state index in [9.17, 15) is 0 Å². The first-order valence-corrected chi connectivity index (χ1v) is 8.60. The quantitative estimate of drug-likeness (QED) is 0.771. The van der Waals surface area contributed by atoms with Crippen molar-refractivity contribution in [2.24, 2.45) is 11.7 Å². The highest BCUT2D eigenvalue weighted by Gasteiger charge is 2.22. The van der Waals surface area contributed by atoms with Crippen molar-refractivity contribution in [1.82, 2.24) is 15.1 Å². The molecule has 4 rings (SSSR count). The molecule has 3 aromatic rings. The minimum atomic E-state index is 0.506. The van der Waals surface area contributed by atoms with Crippen molar-refractivity contribution < 1.29 is 4.52 Å². The number of hydrogen-bond acceptors (Lipinski definition) is 6. The SMILES string of the molecule is NC[C@H]1CCN(c2ccc(-c3nc(Cc4ccccc4)no3)cn2)C1. The van der Waals surface area contributed by atoms with Crippen LogP contribution in [-0.2, 0) is 6.42 Å². The average Bonchev–Trinajstić information content (AvgIpc) is 3.32. The summed E-state index contributed by atoms with van der Waals surface area (Å²) in [6, 6.07) is 14.1. The Hall–Kier alpha value is -2.73. The highest BCUT2D eigenvalue weighted by Crippen LogP contribution is 2.24. The Balaban J connectivity index is 1.46. The van der Waals surface area contributed by atoms with E-state index >= 15 is 0 Å². The summed E-state index contributed by atoms with van der Waals surface area (Å²) in [5.74, 6) is 2.73. The topological polar surface area (TPSA) is 81.1 Å². The Bertz CT molecular complexity index is 815. The number of rotatable bonds is 5. The Labute approximate surface area is 146 Å². The number of nitrogens with zero attached hydrogens (tertiary/aromatic N) is 4. The maximum Gasteiger partial charge on any atom is 0.259 e. The van der Waals surface area contributed by atoms with Crippen LogP contribution in [0.3, 0.4) is 0 Å². The van der Waals surface area contributed by atoms with Gasteiger partial charge in [0.1, 0.15) is 5.82 Å². The normalized spacial score (nSPS) is 17.2. The van der Waals surface area contributed by atoms with Crippen LogP contribution in [0.4, 0.5) is 5.82 Å². The lowest BCUT2D eigenvalue weighted by Gasteiger charge is -2.17. The summed E-state index contributed by atoms with van der Waals surface area (Å²) in [7, 11) is 0. The lowest BCUT2D eigenvalue weighted by molar-refractivity contribution is 0.424. The Morgan fingerprint density at radius 1 is 1.16 bits per heavy atom. The van der Waals surface area contributed by atoms with Gasteiger partial charge in [0.2, 0.25) is 0 Å². The predicted molar refractivity (Wildman–Crippen MR) is 96.2 cm³/mol. The lowest BCUT2D eigenvalue weighted by atomic mass is 10.1. The zero-order chi connectivity index (χ0) is 17.1. The molecule has 0 saturated carbocycles. The van der Waals surface area contributed by atoms with E-state index in [1.54, 1.807) is 6.20 Å². The van der Waals surface area contributed by atoms with Gasteiger partial charge in [-0.1, -0.05) is 35.5 Å². The summed E-state index contributed by atoms with van der Waals surface area (Å²) >= 11 is 0. The minimum Gasteiger partial charge on any atom is -0.356 e. The maximum absolute atomic E-state index is 5.76. The van der Waals surface area contributed by atoms with E-state index in [4.69, 9.17) is 10.3 Å². The van der Waals surface area contributed by atoms with Crippen LogP contribution in [0.25, 0.3) is 11.5 Å². The molecule has 1 fully saturated rings. The molecule has 0 unspecified atom stereocenters. The molecule has 3 heterocycles. The Kier molecular flexibility index (Phi) is 4.43. The molecule has 0 aliphatic carbocycles. The summed E-state index contributed by atoms with van der Waals surface area (Å²) in [6.07, 6.45) is 3.58. The van der Waals surface area contributed by atoms with Gasteiger partial charge >= 0.3 is 0 Å². The second-order valence-electron chi connectivity index (χ2n) is 6.42. The molecule has 1 aliphatic heterocycles. The van der Waals surface area contributed by atoms with Crippen molar-refractivity contribution in [2.75, 3.05) is 24.5 Å². The first-order valence-electron chi connectivity index (χ1n) is 8.60. The molecule has 6 nitrogen and oxygen atoms in total. The van der Waals surface area contributed by atoms with Gasteiger partial charge in [-0.05, 0) is 36.6 Å². The summed E-state index contributed by atoms with van der Waals surface area (Å²) in [5, 5.41) is 4.07. The maximum atomic E-state index is 5.76. The van der Waals surface area contributed by atoms with Gasteiger partial charge in [-0.15, -0.1) is 0 Å². The molecule has 1 atom stereocenters. The van der Waals surface area contributed by atoms with Crippen LogP contribution in [-0.4, -0.2) is 34.8 Å². The molecule has 1 aliphatic rings. The van der Waals surface area contributed by atoms with Gasteiger partial charge < -0.3 is 15.2 Å². The summed E-state index contributed by atoms with van der Waals surface area (Å²) in [6.45, 7) is 2.72. The fourth-order valence-electron chi connectivity index (χ4n) is 3.15. The number of aromatic nitrogens is 3. The molecule has 2 aromatic heterocycles. The molecule has 2 N–H and O–H groups in total. The molecule has 1 aromatic carbocycles. The van der Waals surface area contributed by atoms with Crippen molar-refractivity contribution in [1.29, 1.82) is 0 Å². The smallest absolute Gasteiger partial charge is 0.259 e. The number of nitrogens with two attached hydrogens (primary N) is 1. The lowest BCUT2D eigenvalue weighted by Crippen LogP contribution is -2.23. The van der Waals surface area contributed by atoms with E-state index in [1.807, 2.05) is 30.3 Å². The number of hydrogen-bond donors (Lipinski definition) is 1. The second-order valence-corrected chi connectivity index (χ2v) is 6.42. The van der Waals surface area contributed by atoms with Gasteiger partial charge in [-0.2, -0.15) is 4.98 Å². The van der Waals surface area contributed by atoms with E-state index in [0.717, 1.165) is 43.0 Å². The number of anilines is 1. The van der Waals surface area contributed by atoms with Crippen molar-refractivity contribution in [2.45, 2.75) is 12.8 Å². The summed E-state index contributed by atoms with van der Waals surface area (Å²) in [4.78, 5) is 11.3. The van der Waals surface area contributed by atoms with Gasteiger partial charge in [-0.3, -0.25) is 0 Å². The Morgan fingerprint density at radius 3 is 2.76 bits per heavy atom. The molecule has 0 radical (unpaired) electrons. The van der Waals surface area contributed by atoms with E-state index in [1.165, 1.54) is 0 Å². The van der Waals surface area contributed by atoms with Crippen LogP contribution in [0.15, 0.2) is 53.2 Å². The molecular formula is C19H21N5O. The fraction of sp³-hybridized carbons (Fsp3) is 0.316. The van der Waals surface area contributed by atoms with Gasteiger partial charge in [0, 0.05) is 25.7 Å². The monoisotopic (exact) mass is 335 g/mol. The first-order chi connectivity index (χ1) is 12.3. The summed E-state index contributed by atoms with van der Waals surface area (Å²) < 4.78 is 5.39. The number of benzene rings is 1. The van der Waals surface area contributed by atoms with Crippen LogP contribution < -0.4 is 10.6 Å². The molecule has 6 heteroatoms. The van der Waals surface area contributed by atoms with E-state index in [0.29, 0.717) is 24.1 Å². The largest absolute Gasteiger partial charge is 0.356 e. The summed E-state index contributed by atoms with van der Waals surface area (Å²) in [5.41, 5.74) is 7.75. The number of pyridine rings is 1. The van der Waals surface area contributed by atoms with Gasteiger partial charge in [-0.25, -0.2) is 4.98 Å². The highest BCUT2D eigenvalue weighted by molar-refractivity contribution is 5.55. The third-order valence-corrected chi connectivity index (χ3v) is 4.61. The van der Waals surface area contributed by atoms with Crippen molar-refractivity contribution in [3.8, 4) is 11.5 Å². The second kappa shape index (κ2) is 7.03. The molecule has 128 valence electrons. The molecule has 0 bridgehead atoms. The van der Waals surface area contributed by atoms with Crippen molar-refractivity contribution in [3.05, 3.63) is 60.0 Å². The van der Waals surface area contributed by atoms with E-state index in [-0.39, 0.29) is 0 Å². The van der Waals surface area contributed by atoms with Crippen molar-refractivity contribution in [3.63, 3.8) is 0 Å². The van der Waals surface area contributed by atoms with Gasteiger partial charge in [0.15, 0.2) is 5.82 Å². The minimum absolute atomic E-state index is 0.506. The third-order valence-electron chi connectivity index (χ3n) is 4.61. The van der Waals surface area contributed by atoms with Crippen LogP contribution >= 0.6 is 0 Å². The Morgan fingerprint density at radius 2 is 2.04 bits per heavy atom. The molecule has 0 amide bonds. The van der Waals surface area contributed by atoms with E-state index < -0.39 is 0 Å². The standard InChI is InChI=1S/C19H21N5O/c20-11-15-8-9-24(13-15)18-7-6-16(12-21-18)19-22-17(23-25-19)10-14-4-2-1-3-5-14/h1-7,12,15H,8-11,13,20H2/t15-/m1/s1. The van der Waals surface area contributed by atoms with Gasteiger partial charge in [0.05, 0.1) is 5.56 Å². The van der Waals surface area contributed by atoms with Crippen LogP contribution in [0.5, 0.6) is 0 Å². The van der Waals surface area contributed by atoms with E-state index in [2.05, 4.69) is 32.2 Å². The first kappa shape index (κ1) is 15.8. The zero-order valence-electron chi connectivity index (χ0n) is 14.0. The van der Waals surface area contributed by atoms with Crippen LogP contribution in [0.2, 0.25) is 0 Å². The molecule has 0 spiro atoms. The average molecular weight is 335 g/mol.